The zero-order valence-electron chi connectivity index (χ0n) is 11.5. The molecular formula is C13H19NO4S. The Morgan fingerprint density at radius 3 is 2.32 bits per heavy atom. The van der Waals surface area contributed by atoms with Crippen molar-refractivity contribution in [3.63, 3.8) is 0 Å². The summed E-state index contributed by atoms with van der Waals surface area (Å²) in [6, 6.07) is 5.16. The molecule has 0 heterocycles. The van der Waals surface area contributed by atoms with Crippen LogP contribution in [-0.2, 0) is 14.8 Å². The molecule has 0 saturated carbocycles. The normalized spacial score (nSPS) is 14.1. The number of sulfonamides is 1. The van der Waals surface area contributed by atoms with Crippen molar-refractivity contribution in [1.29, 1.82) is 0 Å². The first-order valence-electron chi connectivity index (χ1n) is 5.86. The molecule has 5 nitrogen and oxygen atoms in total. The predicted octanol–water partition coefficient (Wildman–Crippen LogP) is 1.77. The second-order valence-electron chi connectivity index (χ2n) is 5.58. The van der Waals surface area contributed by atoms with Crippen LogP contribution in [0.3, 0.4) is 0 Å². The molecule has 1 unspecified atom stereocenters. The van der Waals surface area contributed by atoms with Crippen molar-refractivity contribution in [3.8, 4) is 0 Å². The zero-order valence-corrected chi connectivity index (χ0v) is 12.3. The highest BCUT2D eigenvalue weighted by Gasteiger charge is 2.35. The van der Waals surface area contributed by atoms with Crippen LogP contribution in [0.2, 0.25) is 0 Å². The third-order valence-corrected chi connectivity index (χ3v) is 4.11. The van der Waals surface area contributed by atoms with Gasteiger partial charge in [-0.2, -0.15) is 4.72 Å². The average Bonchev–Trinajstić information content (AvgIpc) is 2.24. The van der Waals surface area contributed by atoms with Gasteiger partial charge in [-0.1, -0.05) is 32.9 Å². The first-order valence-corrected chi connectivity index (χ1v) is 7.34. The molecule has 0 spiro atoms. The zero-order chi connectivity index (χ0) is 14.8. The van der Waals surface area contributed by atoms with Gasteiger partial charge in [0.2, 0.25) is 10.0 Å². The summed E-state index contributed by atoms with van der Waals surface area (Å²) in [6.45, 7) is 6.79. The number of carbonyl (C=O) groups is 1. The Hall–Kier alpha value is -1.40. The molecule has 0 fully saturated rings. The average molecular weight is 285 g/mol. The molecular weight excluding hydrogens is 266 g/mol. The minimum atomic E-state index is -3.84. The number of benzene rings is 1. The fourth-order valence-corrected chi connectivity index (χ4v) is 3.10. The van der Waals surface area contributed by atoms with Crippen LogP contribution in [-0.4, -0.2) is 25.5 Å². The minimum absolute atomic E-state index is 0.0722. The Bertz CT molecular complexity index is 573. The van der Waals surface area contributed by atoms with Crippen molar-refractivity contribution in [3.05, 3.63) is 29.8 Å². The van der Waals surface area contributed by atoms with Crippen molar-refractivity contribution in [2.45, 2.75) is 38.6 Å². The Balaban J connectivity index is 3.12. The molecule has 0 aliphatic heterocycles. The second kappa shape index (κ2) is 5.30. The molecule has 0 radical (unpaired) electrons. The van der Waals surface area contributed by atoms with Crippen molar-refractivity contribution < 1.29 is 18.3 Å². The Kier molecular flexibility index (Phi) is 4.37. The largest absolute Gasteiger partial charge is 0.480 e. The smallest absolute Gasteiger partial charge is 0.322 e. The quantitative estimate of drug-likeness (QED) is 0.883. The molecule has 1 atom stereocenters. The molecule has 1 rings (SSSR count). The van der Waals surface area contributed by atoms with Gasteiger partial charge >= 0.3 is 5.97 Å². The molecule has 19 heavy (non-hydrogen) atoms. The van der Waals surface area contributed by atoms with Gasteiger partial charge in [0.05, 0.1) is 4.90 Å². The molecule has 0 aliphatic rings. The van der Waals surface area contributed by atoms with Gasteiger partial charge in [0, 0.05) is 0 Å². The maximum absolute atomic E-state index is 12.2. The van der Waals surface area contributed by atoms with E-state index in [0.29, 0.717) is 0 Å². The number of carboxylic acids is 1. The molecule has 0 saturated heterocycles. The molecule has 0 bridgehead atoms. The molecule has 0 aliphatic carbocycles. The standard InChI is InChI=1S/C13H19NO4S/c1-9-6-5-7-10(8-9)19(17,18)14-11(12(15)16)13(2,3)4/h5-8,11,14H,1-4H3,(H,15,16). The maximum Gasteiger partial charge on any atom is 0.322 e. The summed E-state index contributed by atoms with van der Waals surface area (Å²) in [5.41, 5.74) is 0.0773. The highest BCUT2D eigenvalue weighted by Crippen LogP contribution is 2.22. The first-order chi connectivity index (χ1) is 8.54. The summed E-state index contributed by atoms with van der Waals surface area (Å²) in [6.07, 6.45) is 0. The fourth-order valence-electron chi connectivity index (χ4n) is 1.60. The lowest BCUT2D eigenvalue weighted by Crippen LogP contribution is -2.48. The predicted molar refractivity (Wildman–Crippen MR) is 72.4 cm³/mol. The van der Waals surface area contributed by atoms with Gasteiger partial charge in [-0.05, 0) is 30.0 Å². The number of rotatable bonds is 4. The van der Waals surface area contributed by atoms with E-state index in [0.717, 1.165) is 5.56 Å². The molecule has 106 valence electrons. The third-order valence-electron chi connectivity index (χ3n) is 2.69. The fraction of sp³-hybridized carbons (Fsp3) is 0.462. The van der Waals surface area contributed by atoms with E-state index in [1.165, 1.54) is 12.1 Å². The second-order valence-corrected chi connectivity index (χ2v) is 7.29. The highest BCUT2D eigenvalue weighted by molar-refractivity contribution is 7.89. The number of aryl methyl sites for hydroxylation is 1. The molecule has 6 heteroatoms. The SMILES string of the molecule is Cc1cccc(S(=O)(=O)NC(C(=O)O)C(C)(C)C)c1. The van der Waals surface area contributed by atoms with E-state index < -0.39 is 27.4 Å². The van der Waals surface area contributed by atoms with E-state index in [1.807, 2.05) is 0 Å². The Morgan fingerprint density at radius 2 is 1.89 bits per heavy atom. The van der Waals surface area contributed by atoms with Crippen LogP contribution >= 0.6 is 0 Å². The van der Waals surface area contributed by atoms with Crippen molar-refractivity contribution >= 4 is 16.0 Å². The van der Waals surface area contributed by atoms with Crippen LogP contribution in [0.1, 0.15) is 26.3 Å². The van der Waals surface area contributed by atoms with Gasteiger partial charge < -0.3 is 5.11 Å². The highest BCUT2D eigenvalue weighted by atomic mass is 32.2. The van der Waals surface area contributed by atoms with Crippen LogP contribution in [0.15, 0.2) is 29.2 Å². The van der Waals surface area contributed by atoms with E-state index in [9.17, 15) is 13.2 Å². The van der Waals surface area contributed by atoms with Crippen molar-refractivity contribution in [1.82, 2.24) is 4.72 Å². The lowest BCUT2D eigenvalue weighted by Gasteiger charge is -2.27. The molecule has 1 aromatic rings. The van der Waals surface area contributed by atoms with Crippen molar-refractivity contribution in [2.24, 2.45) is 5.41 Å². The molecule has 2 N–H and O–H groups in total. The van der Waals surface area contributed by atoms with E-state index in [2.05, 4.69) is 4.72 Å². The van der Waals surface area contributed by atoms with Crippen LogP contribution < -0.4 is 4.72 Å². The van der Waals surface area contributed by atoms with E-state index in [-0.39, 0.29) is 4.90 Å². The van der Waals surface area contributed by atoms with Crippen LogP contribution in [0.4, 0.5) is 0 Å². The van der Waals surface area contributed by atoms with Gasteiger partial charge in [-0.15, -0.1) is 0 Å². The van der Waals surface area contributed by atoms with E-state index >= 15 is 0 Å². The number of hydrogen-bond acceptors (Lipinski definition) is 3. The van der Waals surface area contributed by atoms with E-state index in [4.69, 9.17) is 5.11 Å². The molecule has 0 amide bonds. The first kappa shape index (κ1) is 15.7. The number of aliphatic carboxylic acids is 1. The number of nitrogens with one attached hydrogen (secondary N) is 1. The van der Waals surface area contributed by atoms with Gasteiger partial charge in [-0.25, -0.2) is 8.42 Å². The lowest BCUT2D eigenvalue weighted by molar-refractivity contribution is -0.141. The lowest BCUT2D eigenvalue weighted by atomic mass is 9.88. The molecule has 0 aromatic heterocycles. The minimum Gasteiger partial charge on any atom is -0.480 e. The molecule has 1 aromatic carbocycles. The third kappa shape index (κ3) is 4.04. The van der Waals surface area contributed by atoms with Gasteiger partial charge in [-0.3, -0.25) is 4.79 Å². The van der Waals surface area contributed by atoms with Crippen LogP contribution in [0.25, 0.3) is 0 Å². The van der Waals surface area contributed by atoms with Crippen LogP contribution in [0.5, 0.6) is 0 Å². The monoisotopic (exact) mass is 285 g/mol. The number of carboxylic acid groups (broad SMARTS) is 1. The summed E-state index contributed by atoms with van der Waals surface area (Å²) < 4.78 is 26.6. The van der Waals surface area contributed by atoms with Gasteiger partial charge in [0.15, 0.2) is 0 Å². The van der Waals surface area contributed by atoms with Crippen molar-refractivity contribution in [2.75, 3.05) is 0 Å². The summed E-state index contributed by atoms with van der Waals surface area (Å²) >= 11 is 0. The number of hydrogen-bond donors (Lipinski definition) is 2. The Labute approximate surface area is 113 Å². The van der Waals surface area contributed by atoms with Crippen LogP contribution in [0, 0.1) is 12.3 Å². The summed E-state index contributed by atoms with van der Waals surface area (Å²) in [4.78, 5) is 11.3. The van der Waals surface area contributed by atoms with E-state index in [1.54, 1.807) is 39.8 Å². The topological polar surface area (TPSA) is 83.5 Å². The maximum atomic E-state index is 12.2. The summed E-state index contributed by atoms with van der Waals surface area (Å²) in [7, 11) is -3.84. The summed E-state index contributed by atoms with van der Waals surface area (Å²) in [5.74, 6) is -1.19. The summed E-state index contributed by atoms with van der Waals surface area (Å²) in [5, 5.41) is 9.15. The van der Waals surface area contributed by atoms with Gasteiger partial charge in [0.1, 0.15) is 6.04 Å². The van der Waals surface area contributed by atoms with Gasteiger partial charge in [0.25, 0.3) is 0 Å². The Morgan fingerprint density at radius 1 is 1.32 bits per heavy atom.